The minimum Gasteiger partial charge on any atom is -0.391 e. The number of carbonyl (C=O) groups excluding carboxylic acids is 1. The Morgan fingerprint density at radius 2 is 2.05 bits per heavy atom. The summed E-state index contributed by atoms with van der Waals surface area (Å²) in [7, 11) is 0. The van der Waals surface area contributed by atoms with Gasteiger partial charge in [-0.2, -0.15) is 8.78 Å². The number of ether oxygens (including phenoxy) is 1. The van der Waals surface area contributed by atoms with Gasteiger partial charge in [-0.15, -0.1) is 0 Å². The van der Waals surface area contributed by atoms with Crippen molar-refractivity contribution in [3.63, 3.8) is 0 Å². The van der Waals surface area contributed by atoms with Crippen molar-refractivity contribution < 1.29 is 18.3 Å². The van der Waals surface area contributed by atoms with Crippen LogP contribution in [0.2, 0.25) is 0 Å². The second kappa shape index (κ2) is 5.76. The monoisotopic (exact) mass is 287 g/mol. The molecule has 0 aliphatic carbocycles. The highest BCUT2D eigenvalue weighted by atomic mass is 19.3. The van der Waals surface area contributed by atoms with Crippen molar-refractivity contribution in [3.05, 3.63) is 12.3 Å². The van der Waals surface area contributed by atoms with Crippen LogP contribution in [0.25, 0.3) is 0 Å². The Balaban J connectivity index is 1.94. The number of amides is 1. The maximum absolute atomic E-state index is 13.2. The maximum Gasteiger partial charge on any atom is 0.416 e. The highest BCUT2D eigenvalue weighted by molar-refractivity contribution is 5.95. The fourth-order valence-corrected chi connectivity index (χ4v) is 2.31. The van der Waals surface area contributed by atoms with Crippen molar-refractivity contribution in [1.29, 1.82) is 0 Å². The summed E-state index contributed by atoms with van der Waals surface area (Å²) in [6.07, 6.45) is 4.30. The molecule has 1 unspecified atom stereocenters. The van der Waals surface area contributed by atoms with Gasteiger partial charge in [-0.1, -0.05) is 0 Å². The molecule has 0 aromatic heterocycles. The number of aliphatic imine (C=N–C) groups is 1. The normalized spacial score (nSPS) is 23.6. The summed E-state index contributed by atoms with van der Waals surface area (Å²) in [4.78, 5) is 18.3. The van der Waals surface area contributed by atoms with Gasteiger partial charge in [0.1, 0.15) is 6.17 Å². The molecule has 0 aromatic carbocycles. The summed E-state index contributed by atoms with van der Waals surface area (Å²) in [5, 5.41) is 0. The largest absolute Gasteiger partial charge is 0.416 e. The molecule has 0 saturated carbocycles. The van der Waals surface area contributed by atoms with E-state index in [0.29, 0.717) is 13.1 Å². The third-order valence-electron chi connectivity index (χ3n) is 3.35. The predicted molar refractivity (Wildman–Crippen MR) is 70.4 cm³/mol. The number of hydrogen-bond acceptors (Lipinski definition) is 4. The predicted octanol–water partition coefficient (Wildman–Crippen LogP) is 2.80. The average molecular weight is 287 g/mol. The SMILES string of the molecule is CC1N=C(OC(=O)N2CCCCC2)C=CN1C(C)(F)F. The Morgan fingerprint density at radius 1 is 1.40 bits per heavy atom. The Kier molecular flexibility index (Phi) is 4.25. The molecule has 5 nitrogen and oxygen atoms in total. The smallest absolute Gasteiger partial charge is 0.391 e. The summed E-state index contributed by atoms with van der Waals surface area (Å²) in [5.74, 6) is 0.0774. The molecule has 20 heavy (non-hydrogen) atoms. The maximum atomic E-state index is 13.2. The molecule has 2 aliphatic heterocycles. The van der Waals surface area contributed by atoms with E-state index in [-0.39, 0.29) is 5.90 Å². The second-order valence-electron chi connectivity index (χ2n) is 5.08. The zero-order valence-corrected chi connectivity index (χ0v) is 11.7. The highest BCUT2D eigenvalue weighted by Gasteiger charge is 2.34. The van der Waals surface area contributed by atoms with Crippen LogP contribution >= 0.6 is 0 Å². The number of hydrogen-bond donors (Lipinski definition) is 0. The van der Waals surface area contributed by atoms with E-state index >= 15 is 0 Å². The summed E-state index contributed by atoms with van der Waals surface area (Å²) in [6, 6.07) is -3.00. The van der Waals surface area contributed by atoms with Crippen molar-refractivity contribution in [3.8, 4) is 0 Å². The average Bonchev–Trinajstić information content (AvgIpc) is 2.38. The third kappa shape index (κ3) is 3.46. The molecule has 1 fully saturated rings. The van der Waals surface area contributed by atoms with Crippen molar-refractivity contribution >= 4 is 12.0 Å². The summed E-state index contributed by atoms with van der Waals surface area (Å²) >= 11 is 0. The standard InChI is InChI=1S/C13H19F2N3O2/c1-10-16-11(6-9-18(10)13(2,14)15)20-12(19)17-7-4-3-5-8-17/h6,9-10H,3-5,7-8H2,1-2H3. The summed E-state index contributed by atoms with van der Waals surface area (Å²) < 4.78 is 31.6. The van der Waals surface area contributed by atoms with Gasteiger partial charge in [0.15, 0.2) is 0 Å². The number of carbonyl (C=O) groups is 1. The van der Waals surface area contributed by atoms with Crippen molar-refractivity contribution in [2.24, 2.45) is 4.99 Å². The van der Waals surface area contributed by atoms with E-state index in [1.54, 1.807) is 4.90 Å². The highest BCUT2D eigenvalue weighted by Crippen LogP contribution is 2.25. The number of halogens is 2. The lowest BCUT2D eigenvalue weighted by Gasteiger charge is -2.33. The van der Waals surface area contributed by atoms with E-state index in [1.807, 2.05) is 0 Å². The van der Waals surface area contributed by atoms with E-state index in [1.165, 1.54) is 19.2 Å². The van der Waals surface area contributed by atoms with Crippen LogP contribution < -0.4 is 0 Å². The Labute approximate surface area is 116 Å². The van der Waals surface area contributed by atoms with Crippen LogP contribution in [0.4, 0.5) is 13.6 Å². The minimum absolute atomic E-state index is 0.0774. The molecule has 1 atom stereocenters. The van der Waals surface area contributed by atoms with E-state index in [2.05, 4.69) is 4.99 Å². The van der Waals surface area contributed by atoms with E-state index in [4.69, 9.17) is 4.74 Å². The molecule has 1 saturated heterocycles. The van der Waals surface area contributed by atoms with Gasteiger partial charge in [0.05, 0.1) is 0 Å². The fraction of sp³-hybridized carbons (Fsp3) is 0.692. The van der Waals surface area contributed by atoms with Crippen LogP contribution in [0.5, 0.6) is 0 Å². The van der Waals surface area contributed by atoms with Crippen LogP contribution in [0.3, 0.4) is 0 Å². The molecular formula is C13H19F2N3O2. The van der Waals surface area contributed by atoms with Gasteiger partial charge in [0.2, 0.25) is 5.90 Å². The topological polar surface area (TPSA) is 45.1 Å². The lowest BCUT2D eigenvalue weighted by molar-refractivity contribution is -0.120. The first kappa shape index (κ1) is 14.7. The number of rotatable bonds is 1. The molecule has 7 heteroatoms. The Hall–Kier alpha value is -1.66. The van der Waals surface area contributed by atoms with E-state index in [0.717, 1.165) is 31.1 Å². The van der Waals surface area contributed by atoms with Crippen molar-refractivity contribution in [2.75, 3.05) is 13.1 Å². The molecule has 0 spiro atoms. The second-order valence-corrected chi connectivity index (χ2v) is 5.08. The summed E-state index contributed by atoms with van der Waals surface area (Å²) in [6.45, 7) is 3.67. The lowest BCUT2D eigenvalue weighted by Crippen LogP contribution is -2.43. The number of piperidine rings is 1. The first-order valence-corrected chi connectivity index (χ1v) is 6.77. The van der Waals surface area contributed by atoms with Gasteiger partial charge in [0, 0.05) is 32.3 Å². The van der Waals surface area contributed by atoms with Crippen LogP contribution in [0.15, 0.2) is 17.3 Å². The van der Waals surface area contributed by atoms with Gasteiger partial charge >= 0.3 is 12.1 Å². The molecule has 2 heterocycles. The Bertz CT molecular complexity index is 426. The van der Waals surface area contributed by atoms with Gasteiger partial charge < -0.3 is 9.64 Å². The first-order valence-electron chi connectivity index (χ1n) is 6.77. The van der Waals surface area contributed by atoms with E-state index < -0.39 is 18.3 Å². The Morgan fingerprint density at radius 3 is 2.60 bits per heavy atom. The molecule has 2 aliphatic rings. The van der Waals surface area contributed by atoms with Crippen molar-refractivity contribution in [2.45, 2.75) is 45.3 Å². The molecule has 0 bridgehead atoms. The van der Waals surface area contributed by atoms with Gasteiger partial charge in [-0.05, 0) is 26.2 Å². The number of nitrogens with zero attached hydrogens (tertiary/aromatic N) is 3. The van der Waals surface area contributed by atoms with Crippen LogP contribution in [-0.2, 0) is 4.74 Å². The van der Waals surface area contributed by atoms with Crippen molar-refractivity contribution in [1.82, 2.24) is 9.80 Å². The zero-order valence-electron chi connectivity index (χ0n) is 11.7. The number of alkyl halides is 2. The van der Waals surface area contributed by atoms with Crippen LogP contribution in [-0.4, -0.2) is 47.1 Å². The molecule has 112 valence electrons. The van der Waals surface area contributed by atoms with Gasteiger partial charge in [-0.3, -0.25) is 4.90 Å². The molecule has 0 radical (unpaired) electrons. The quantitative estimate of drug-likeness (QED) is 0.697. The lowest BCUT2D eigenvalue weighted by atomic mass is 10.1. The minimum atomic E-state index is -3.00. The van der Waals surface area contributed by atoms with Crippen LogP contribution in [0.1, 0.15) is 33.1 Å². The molecule has 0 N–H and O–H groups in total. The van der Waals surface area contributed by atoms with Crippen LogP contribution in [0, 0.1) is 0 Å². The number of likely N-dealkylation sites (tertiary alicyclic amines) is 1. The zero-order chi connectivity index (χ0) is 14.8. The molecule has 1 amide bonds. The molecule has 0 aromatic rings. The summed E-state index contributed by atoms with van der Waals surface area (Å²) in [5.41, 5.74) is 0. The van der Waals surface area contributed by atoms with Gasteiger partial charge in [-0.25, -0.2) is 9.79 Å². The first-order chi connectivity index (χ1) is 9.38. The fourth-order valence-electron chi connectivity index (χ4n) is 2.31. The van der Waals surface area contributed by atoms with Gasteiger partial charge in [0.25, 0.3) is 0 Å². The third-order valence-corrected chi connectivity index (χ3v) is 3.35. The van der Waals surface area contributed by atoms with E-state index in [9.17, 15) is 13.6 Å². The molecular weight excluding hydrogens is 268 g/mol. The molecule has 2 rings (SSSR count).